The van der Waals surface area contributed by atoms with Crippen molar-refractivity contribution in [1.82, 2.24) is 4.90 Å². The monoisotopic (exact) mass is 248 g/mol. The Bertz CT molecular complexity index is 303. The van der Waals surface area contributed by atoms with Crippen molar-refractivity contribution < 1.29 is 8.42 Å². The number of piperidine rings is 1. The van der Waals surface area contributed by atoms with Crippen molar-refractivity contribution in [3.05, 3.63) is 0 Å². The first kappa shape index (κ1) is 13.9. The summed E-state index contributed by atoms with van der Waals surface area (Å²) in [7, 11) is -2.82. The fraction of sp³-hybridized carbons (Fsp3) is 1.00. The van der Waals surface area contributed by atoms with Gasteiger partial charge in [-0.3, -0.25) is 4.90 Å². The third-order valence-electron chi connectivity index (χ3n) is 3.40. The topological polar surface area (TPSA) is 63.4 Å². The maximum atomic E-state index is 11.1. The third kappa shape index (κ3) is 4.39. The number of hydrogen-bond donors (Lipinski definition) is 1. The Kier molecular flexibility index (Phi) is 5.21. The van der Waals surface area contributed by atoms with Crippen LogP contribution in [0.5, 0.6) is 0 Å². The Hall–Kier alpha value is -0.130. The Morgan fingerprint density at radius 1 is 1.38 bits per heavy atom. The van der Waals surface area contributed by atoms with Crippen LogP contribution in [0.2, 0.25) is 0 Å². The van der Waals surface area contributed by atoms with Gasteiger partial charge >= 0.3 is 0 Å². The fourth-order valence-electron chi connectivity index (χ4n) is 2.51. The van der Waals surface area contributed by atoms with Gasteiger partial charge in [0.15, 0.2) is 0 Å². The van der Waals surface area contributed by atoms with Crippen molar-refractivity contribution in [2.24, 2.45) is 5.73 Å². The van der Waals surface area contributed by atoms with Crippen molar-refractivity contribution in [2.75, 3.05) is 25.1 Å². The van der Waals surface area contributed by atoms with Crippen molar-refractivity contribution in [3.63, 3.8) is 0 Å². The van der Waals surface area contributed by atoms with Crippen LogP contribution < -0.4 is 5.73 Å². The number of sulfone groups is 1. The van der Waals surface area contributed by atoms with Gasteiger partial charge in [0.1, 0.15) is 9.84 Å². The second-order valence-electron chi connectivity index (χ2n) is 4.89. The van der Waals surface area contributed by atoms with Gasteiger partial charge in [0.2, 0.25) is 0 Å². The van der Waals surface area contributed by atoms with Gasteiger partial charge in [0, 0.05) is 24.9 Å². The lowest BCUT2D eigenvalue weighted by atomic mass is 9.96. The van der Waals surface area contributed by atoms with E-state index in [0.29, 0.717) is 18.6 Å². The van der Waals surface area contributed by atoms with Gasteiger partial charge in [0.25, 0.3) is 0 Å². The van der Waals surface area contributed by atoms with E-state index in [1.54, 1.807) is 0 Å². The van der Waals surface area contributed by atoms with Crippen LogP contribution in [0.3, 0.4) is 0 Å². The SMILES string of the molecule is CC1CCCC(CN)N1CCCS(C)(=O)=O. The Balaban J connectivity index is 2.42. The van der Waals surface area contributed by atoms with Gasteiger partial charge in [-0.15, -0.1) is 0 Å². The highest BCUT2D eigenvalue weighted by molar-refractivity contribution is 7.90. The lowest BCUT2D eigenvalue weighted by molar-refractivity contribution is 0.0978. The van der Waals surface area contributed by atoms with E-state index in [0.717, 1.165) is 19.4 Å². The molecule has 0 aromatic carbocycles. The number of hydrogen-bond acceptors (Lipinski definition) is 4. The second-order valence-corrected chi connectivity index (χ2v) is 7.15. The Morgan fingerprint density at radius 2 is 2.06 bits per heavy atom. The van der Waals surface area contributed by atoms with E-state index in [-0.39, 0.29) is 5.75 Å². The lowest BCUT2D eigenvalue weighted by Gasteiger charge is -2.40. The first-order chi connectivity index (χ1) is 7.44. The molecule has 0 saturated carbocycles. The van der Waals surface area contributed by atoms with E-state index in [4.69, 9.17) is 5.73 Å². The quantitative estimate of drug-likeness (QED) is 0.775. The molecule has 0 bridgehead atoms. The van der Waals surface area contributed by atoms with Gasteiger partial charge in [-0.05, 0) is 32.7 Å². The average molecular weight is 248 g/mol. The first-order valence-electron chi connectivity index (χ1n) is 6.07. The molecule has 4 nitrogen and oxygen atoms in total. The van der Waals surface area contributed by atoms with Gasteiger partial charge < -0.3 is 5.73 Å². The molecule has 1 heterocycles. The predicted octanol–water partition coefficient (Wildman–Crippen LogP) is 0.623. The molecule has 0 aliphatic carbocycles. The summed E-state index contributed by atoms with van der Waals surface area (Å²) in [5.74, 6) is 0.285. The zero-order valence-corrected chi connectivity index (χ0v) is 11.2. The summed E-state index contributed by atoms with van der Waals surface area (Å²) in [6.07, 6.45) is 5.62. The Labute approximate surface area is 99.1 Å². The van der Waals surface area contributed by atoms with Crippen LogP contribution in [0, 0.1) is 0 Å². The molecule has 0 amide bonds. The van der Waals surface area contributed by atoms with E-state index >= 15 is 0 Å². The van der Waals surface area contributed by atoms with Crippen LogP contribution in [0.15, 0.2) is 0 Å². The summed E-state index contributed by atoms with van der Waals surface area (Å²) in [4.78, 5) is 2.38. The van der Waals surface area contributed by atoms with Crippen LogP contribution in [-0.2, 0) is 9.84 Å². The zero-order chi connectivity index (χ0) is 12.2. The molecule has 0 aromatic heterocycles. The lowest BCUT2D eigenvalue weighted by Crippen LogP contribution is -2.49. The number of nitrogens with two attached hydrogens (primary N) is 1. The molecule has 1 fully saturated rings. The summed E-state index contributed by atoms with van der Waals surface area (Å²) in [6, 6.07) is 0.991. The third-order valence-corrected chi connectivity index (χ3v) is 4.43. The summed E-state index contributed by atoms with van der Waals surface area (Å²) < 4.78 is 22.1. The van der Waals surface area contributed by atoms with E-state index in [1.807, 2.05) is 0 Å². The summed E-state index contributed by atoms with van der Waals surface area (Å²) in [5.41, 5.74) is 5.75. The Morgan fingerprint density at radius 3 is 2.62 bits per heavy atom. The van der Waals surface area contributed by atoms with Crippen molar-refractivity contribution in [3.8, 4) is 0 Å². The van der Waals surface area contributed by atoms with E-state index in [2.05, 4.69) is 11.8 Å². The van der Waals surface area contributed by atoms with Crippen LogP contribution in [0.4, 0.5) is 0 Å². The number of rotatable bonds is 5. The van der Waals surface area contributed by atoms with Crippen molar-refractivity contribution >= 4 is 9.84 Å². The average Bonchev–Trinajstić information content (AvgIpc) is 2.18. The first-order valence-corrected chi connectivity index (χ1v) is 8.13. The minimum absolute atomic E-state index is 0.285. The highest BCUT2D eigenvalue weighted by atomic mass is 32.2. The predicted molar refractivity (Wildman–Crippen MR) is 67.2 cm³/mol. The molecular weight excluding hydrogens is 224 g/mol. The van der Waals surface area contributed by atoms with Crippen molar-refractivity contribution in [2.45, 2.75) is 44.7 Å². The molecular formula is C11H24N2O2S. The number of nitrogens with zero attached hydrogens (tertiary/aromatic N) is 1. The summed E-state index contributed by atoms with van der Waals surface area (Å²) in [6.45, 7) is 3.75. The smallest absolute Gasteiger partial charge is 0.147 e. The molecule has 16 heavy (non-hydrogen) atoms. The highest BCUT2D eigenvalue weighted by Gasteiger charge is 2.26. The molecule has 0 spiro atoms. The molecule has 96 valence electrons. The van der Waals surface area contributed by atoms with Crippen LogP contribution in [-0.4, -0.2) is 50.5 Å². The van der Waals surface area contributed by atoms with Crippen LogP contribution in [0.1, 0.15) is 32.6 Å². The van der Waals surface area contributed by atoms with Gasteiger partial charge in [0.05, 0.1) is 5.75 Å². The minimum atomic E-state index is -2.82. The maximum Gasteiger partial charge on any atom is 0.147 e. The van der Waals surface area contributed by atoms with Gasteiger partial charge in [-0.1, -0.05) is 6.42 Å². The van der Waals surface area contributed by atoms with Gasteiger partial charge in [-0.2, -0.15) is 0 Å². The zero-order valence-electron chi connectivity index (χ0n) is 10.4. The molecule has 0 radical (unpaired) electrons. The molecule has 2 unspecified atom stereocenters. The molecule has 0 aromatic rings. The van der Waals surface area contributed by atoms with Gasteiger partial charge in [-0.25, -0.2) is 8.42 Å². The molecule has 1 saturated heterocycles. The largest absolute Gasteiger partial charge is 0.329 e. The van der Waals surface area contributed by atoms with E-state index in [1.165, 1.54) is 19.1 Å². The fourth-order valence-corrected chi connectivity index (χ4v) is 3.16. The molecule has 5 heteroatoms. The van der Waals surface area contributed by atoms with Crippen LogP contribution in [0.25, 0.3) is 0 Å². The normalized spacial score (nSPS) is 28.2. The van der Waals surface area contributed by atoms with Crippen LogP contribution >= 0.6 is 0 Å². The highest BCUT2D eigenvalue weighted by Crippen LogP contribution is 2.22. The van der Waals surface area contributed by atoms with Crippen molar-refractivity contribution in [1.29, 1.82) is 0 Å². The summed E-state index contributed by atoms with van der Waals surface area (Å²) >= 11 is 0. The second kappa shape index (κ2) is 5.98. The minimum Gasteiger partial charge on any atom is -0.329 e. The molecule has 1 aliphatic rings. The van der Waals surface area contributed by atoms with E-state index in [9.17, 15) is 8.42 Å². The molecule has 1 rings (SSSR count). The number of likely N-dealkylation sites (tertiary alicyclic amines) is 1. The molecule has 2 atom stereocenters. The molecule has 1 aliphatic heterocycles. The summed E-state index contributed by atoms with van der Waals surface area (Å²) in [5, 5.41) is 0. The maximum absolute atomic E-state index is 11.1. The standard InChI is InChI=1S/C11H24N2O2S/c1-10-5-3-6-11(9-12)13(10)7-4-8-16(2,14)15/h10-11H,3-9,12H2,1-2H3. The van der Waals surface area contributed by atoms with E-state index < -0.39 is 9.84 Å². The molecule has 2 N–H and O–H groups in total.